The van der Waals surface area contributed by atoms with Crippen molar-refractivity contribution < 1.29 is 4.79 Å². The molecule has 0 unspecified atom stereocenters. The third-order valence-corrected chi connectivity index (χ3v) is 3.33. The summed E-state index contributed by atoms with van der Waals surface area (Å²) in [5.74, 6) is 0.362. The summed E-state index contributed by atoms with van der Waals surface area (Å²) in [5, 5.41) is 3.52. The van der Waals surface area contributed by atoms with E-state index in [9.17, 15) is 4.79 Å². The molecule has 0 aromatic rings. The van der Waals surface area contributed by atoms with E-state index < -0.39 is 0 Å². The second-order valence-corrected chi connectivity index (χ2v) is 4.42. The lowest BCUT2D eigenvalue weighted by Gasteiger charge is -2.25. The van der Waals surface area contributed by atoms with E-state index in [1.807, 2.05) is 4.90 Å². The van der Waals surface area contributed by atoms with Crippen LogP contribution in [0.1, 0.15) is 38.5 Å². The van der Waals surface area contributed by atoms with Crippen molar-refractivity contribution in [3.63, 3.8) is 0 Å². The van der Waals surface area contributed by atoms with Gasteiger partial charge in [0, 0.05) is 25.6 Å². The maximum Gasteiger partial charge on any atom is 0.222 e. The Hall–Kier alpha value is -0.570. The molecule has 2 heterocycles. The zero-order chi connectivity index (χ0) is 9.80. The molecule has 0 spiro atoms. The van der Waals surface area contributed by atoms with Crippen molar-refractivity contribution in [2.75, 3.05) is 19.6 Å². The third kappa shape index (κ3) is 2.47. The van der Waals surface area contributed by atoms with Gasteiger partial charge < -0.3 is 10.2 Å². The summed E-state index contributed by atoms with van der Waals surface area (Å²) >= 11 is 0. The molecule has 2 rings (SSSR count). The topological polar surface area (TPSA) is 32.3 Å². The first-order chi connectivity index (χ1) is 6.86. The number of nitrogens with one attached hydrogen (secondary N) is 1. The molecule has 1 amide bonds. The molecular formula is C11H20N2O. The Morgan fingerprint density at radius 1 is 1.36 bits per heavy atom. The number of rotatable bonds is 3. The molecule has 80 valence electrons. The third-order valence-electron chi connectivity index (χ3n) is 3.33. The maximum atomic E-state index is 11.4. The van der Waals surface area contributed by atoms with E-state index in [1.165, 1.54) is 25.8 Å². The fraction of sp³-hybridized carbons (Fsp3) is 0.909. The Morgan fingerprint density at radius 3 is 2.93 bits per heavy atom. The molecule has 1 N–H and O–H groups in total. The Balaban J connectivity index is 1.68. The average molecular weight is 196 g/mol. The maximum absolute atomic E-state index is 11.4. The number of carbonyl (C=O) groups excluding carboxylic acids is 1. The molecule has 3 nitrogen and oxygen atoms in total. The lowest BCUT2D eigenvalue weighted by molar-refractivity contribution is -0.127. The van der Waals surface area contributed by atoms with Crippen LogP contribution in [0.25, 0.3) is 0 Å². The standard InChI is InChI=1S/C11H20N2O/c14-11-5-3-8-13(11)9-6-10-4-1-2-7-12-10/h10,12H,1-9H2/t10-/m1/s1. The molecule has 0 aliphatic carbocycles. The quantitative estimate of drug-likeness (QED) is 0.734. The van der Waals surface area contributed by atoms with Gasteiger partial charge in [0.15, 0.2) is 0 Å². The number of hydrogen-bond donors (Lipinski definition) is 1. The lowest BCUT2D eigenvalue weighted by Crippen LogP contribution is -2.37. The minimum atomic E-state index is 0.362. The van der Waals surface area contributed by atoms with Gasteiger partial charge in [0.2, 0.25) is 5.91 Å². The number of piperidine rings is 1. The monoisotopic (exact) mass is 196 g/mol. The molecule has 2 fully saturated rings. The molecule has 0 aromatic heterocycles. The SMILES string of the molecule is O=C1CCCN1CC[C@H]1CCCCN1. The average Bonchev–Trinajstić information content (AvgIpc) is 2.63. The number of hydrogen-bond acceptors (Lipinski definition) is 2. The molecular weight excluding hydrogens is 176 g/mol. The number of carbonyl (C=O) groups is 1. The molecule has 0 radical (unpaired) electrons. The molecule has 2 aliphatic heterocycles. The molecule has 0 saturated carbocycles. The van der Waals surface area contributed by atoms with Gasteiger partial charge in [0.1, 0.15) is 0 Å². The van der Waals surface area contributed by atoms with Crippen LogP contribution in [0.4, 0.5) is 0 Å². The van der Waals surface area contributed by atoms with Crippen molar-refractivity contribution in [2.45, 2.75) is 44.6 Å². The Labute approximate surface area is 85.8 Å². The fourth-order valence-corrected chi connectivity index (χ4v) is 2.42. The van der Waals surface area contributed by atoms with E-state index in [4.69, 9.17) is 0 Å². The highest BCUT2D eigenvalue weighted by molar-refractivity contribution is 5.77. The van der Waals surface area contributed by atoms with Crippen molar-refractivity contribution in [3.05, 3.63) is 0 Å². The van der Waals surface area contributed by atoms with Crippen LogP contribution in [-0.2, 0) is 4.79 Å². The molecule has 1 atom stereocenters. The van der Waals surface area contributed by atoms with Crippen LogP contribution < -0.4 is 5.32 Å². The van der Waals surface area contributed by atoms with Crippen LogP contribution in [0.5, 0.6) is 0 Å². The van der Waals surface area contributed by atoms with Crippen LogP contribution in [0, 0.1) is 0 Å². The smallest absolute Gasteiger partial charge is 0.222 e. The number of amides is 1. The Kier molecular flexibility index (Phi) is 3.40. The predicted molar refractivity (Wildman–Crippen MR) is 56.1 cm³/mol. The highest BCUT2D eigenvalue weighted by atomic mass is 16.2. The van der Waals surface area contributed by atoms with E-state index in [2.05, 4.69) is 5.32 Å². The Bertz CT molecular complexity index is 199. The second-order valence-electron chi connectivity index (χ2n) is 4.42. The first-order valence-electron chi connectivity index (χ1n) is 5.87. The highest BCUT2D eigenvalue weighted by Crippen LogP contribution is 2.14. The van der Waals surface area contributed by atoms with Gasteiger partial charge in [-0.15, -0.1) is 0 Å². The zero-order valence-electron chi connectivity index (χ0n) is 8.80. The summed E-state index contributed by atoms with van der Waals surface area (Å²) in [6, 6.07) is 0.664. The minimum Gasteiger partial charge on any atom is -0.343 e. The van der Waals surface area contributed by atoms with Gasteiger partial charge in [-0.05, 0) is 32.2 Å². The van der Waals surface area contributed by atoms with E-state index >= 15 is 0 Å². The van der Waals surface area contributed by atoms with Crippen LogP contribution in [0.15, 0.2) is 0 Å². The van der Waals surface area contributed by atoms with Gasteiger partial charge in [0.25, 0.3) is 0 Å². The minimum absolute atomic E-state index is 0.362. The van der Waals surface area contributed by atoms with Crippen molar-refractivity contribution in [1.29, 1.82) is 0 Å². The van der Waals surface area contributed by atoms with Gasteiger partial charge in [-0.2, -0.15) is 0 Å². The molecule has 0 bridgehead atoms. The number of nitrogens with zero attached hydrogens (tertiary/aromatic N) is 1. The van der Waals surface area contributed by atoms with Crippen LogP contribution >= 0.6 is 0 Å². The number of likely N-dealkylation sites (tertiary alicyclic amines) is 1. The summed E-state index contributed by atoms with van der Waals surface area (Å²) in [6.45, 7) is 3.13. The Morgan fingerprint density at radius 2 is 2.29 bits per heavy atom. The van der Waals surface area contributed by atoms with Gasteiger partial charge >= 0.3 is 0 Å². The zero-order valence-corrected chi connectivity index (χ0v) is 8.80. The summed E-state index contributed by atoms with van der Waals surface area (Å²) in [4.78, 5) is 13.4. The molecule has 14 heavy (non-hydrogen) atoms. The van der Waals surface area contributed by atoms with Gasteiger partial charge in [-0.1, -0.05) is 6.42 Å². The van der Waals surface area contributed by atoms with Gasteiger partial charge in [0.05, 0.1) is 0 Å². The first-order valence-corrected chi connectivity index (χ1v) is 5.87. The predicted octanol–water partition coefficient (Wildman–Crippen LogP) is 1.14. The van der Waals surface area contributed by atoms with Gasteiger partial charge in [-0.3, -0.25) is 4.79 Å². The van der Waals surface area contributed by atoms with Crippen LogP contribution in [-0.4, -0.2) is 36.5 Å². The molecule has 2 aliphatic rings. The van der Waals surface area contributed by atoms with Crippen molar-refractivity contribution >= 4 is 5.91 Å². The second kappa shape index (κ2) is 4.78. The highest BCUT2D eigenvalue weighted by Gasteiger charge is 2.21. The van der Waals surface area contributed by atoms with E-state index in [-0.39, 0.29) is 0 Å². The fourth-order valence-electron chi connectivity index (χ4n) is 2.42. The summed E-state index contributed by atoms with van der Waals surface area (Å²) in [5.41, 5.74) is 0. The van der Waals surface area contributed by atoms with E-state index in [1.54, 1.807) is 0 Å². The normalized spacial score (nSPS) is 28.4. The van der Waals surface area contributed by atoms with Crippen LogP contribution in [0.2, 0.25) is 0 Å². The van der Waals surface area contributed by atoms with E-state index in [0.717, 1.165) is 32.4 Å². The van der Waals surface area contributed by atoms with Crippen molar-refractivity contribution in [3.8, 4) is 0 Å². The first kappa shape index (κ1) is 9.97. The van der Waals surface area contributed by atoms with Crippen molar-refractivity contribution in [2.24, 2.45) is 0 Å². The summed E-state index contributed by atoms with van der Waals surface area (Å²) < 4.78 is 0. The largest absolute Gasteiger partial charge is 0.343 e. The molecule has 0 aromatic carbocycles. The molecule has 3 heteroatoms. The van der Waals surface area contributed by atoms with Gasteiger partial charge in [-0.25, -0.2) is 0 Å². The van der Waals surface area contributed by atoms with Crippen LogP contribution in [0.3, 0.4) is 0 Å². The molecule has 2 saturated heterocycles. The summed E-state index contributed by atoms with van der Waals surface area (Å²) in [6.07, 6.45) is 6.95. The lowest BCUT2D eigenvalue weighted by atomic mass is 10.0. The summed E-state index contributed by atoms with van der Waals surface area (Å²) in [7, 11) is 0. The van der Waals surface area contributed by atoms with E-state index in [0.29, 0.717) is 11.9 Å². The van der Waals surface area contributed by atoms with Crippen molar-refractivity contribution in [1.82, 2.24) is 10.2 Å².